The first kappa shape index (κ1) is 19.7. The van der Waals surface area contributed by atoms with E-state index < -0.39 is 0 Å². The number of carbonyl (C=O) groups excluding carboxylic acids is 1. The van der Waals surface area contributed by atoms with Crippen molar-refractivity contribution in [1.82, 2.24) is 5.32 Å². The minimum atomic E-state index is -0.226. The Labute approximate surface area is 149 Å². The molecule has 24 heavy (non-hydrogen) atoms. The highest BCUT2D eigenvalue weighted by Crippen LogP contribution is 2.05. The van der Waals surface area contributed by atoms with Crippen LogP contribution in [0, 0.1) is 6.92 Å². The predicted molar refractivity (Wildman–Crippen MR) is 102 cm³/mol. The highest BCUT2D eigenvalue weighted by Gasteiger charge is 2.05. The van der Waals surface area contributed by atoms with Crippen LogP contribution >= 0.6 is 12.4 Å². The molecule has 0 aromatic heterocycles. The molecule has 5 heteroatoms. The van der Waals surface area contributed by atoms with E-state index in [0.717, 1.165) is 24.8 Å². The number of hydrogen-bond donors (Lipinski definition) is 2. The van der Waals surface area contributed by atoms with Crippen molar-refractivity contribution in [3.8, 4) is 0 Å². The largest absolute Gasteiger partial charge is 0.370 e. The quantitative estimate of drug-likeness (QED) is 0.478. The van der Waals surface area contributed by atoms with E-state index in [4.69, 9.17) is 5.73 Å². The first-order valence-electron chi connectivity index (χ1n) is 7.87. The molecule has 0 aliphatic carbocycles. The number of guanidine groups is 1. The molecule has 0 spiro atoms. The molecule has 0 saturated heterocycles. The van der Waals surface area contributed by atoms with E-state index in [9.17, 15) is 4.79 Å². The van der Waals surface area contributed by atoms with Gasteiger partial charge in [-0.05, 0) is 43.9 Å². The van der Waals surface area contributed by atoms with E-state index in [0.29, 0.717) is 12.1 Å². The lowest BCUT2D eigenvalue weighted by molar-refractivity contribution is 0.0976. The third-order valence-electron chi connectivity index (χ3n) is 3.55. The number of aryl methyl sites for hydroxylation is 2. The molecule has 0 aliphatic heterocycles. The Morgan fingerprint density at radius 2 is 1.71 bits per heavy atom. The van der Waals surface area contributed by atoms with Gasteiger partial charge in [0, 0.05) is 12.1 Å². The molecule has 0 radical (unpaired) electrons. The maximum atomic E-state index is 12.0. The Kier molecular flexibility index (Phi) is 8.58. The summed E-state index contributed by atoms with van der Waals surface area (Å²) >= 11 is 0. The Balaban J connectivity index is 0.00000288. The number of carbonyl (C=O) groups is 1. The van der Waals surface area contributed by atoms with Crippen LogP contribution < -0.4 is 11.1 Å². The SMILES string of the molecule is Cc1ccc(C(=O)NC(N)=NCCCCc2ccccc2)cc1.Cl. The minimum absolute atomic E-state index is 0. The van der Waals surface area contributed by atoms with Gasteiger partial charge in [0.05, 0.1) is 0 Å². The van der Waals surface area contributed by atoms with E-state index in [-0.39, 0.29) is 24.3 Å². The molecule has 128 valence electrons. The van der Waals surface area contributed by atoms with E-state index in [2.05, 4.69) is 22.4 Å². The van der Waals surface area contributed by atoms with E-state index in [1.807, 2.05) is 37.3 Å². The smallest absolute Gasteiger partial charge is 0.257 e. The third-order valence-corrected chi connectivity index (χ3v) is 3.55. The standard InChI is InChI=1S/C19H23N3O.ClH/c1-15-10-12-17(13-11-15)18(23)22-19(20)21-14-6-5-9-16-7-3-2-4-8-16;/h2-4,7-8,10-13H,5-6,9,14H2,1H3,(H3,20,21,22,23);1H. The minimum Gasteiger partial charge on any atom is -0.370 e. The highest BCUT2D eigenvalue weighted by molar-refractivity contribution is 6.05. The van der Waals surface area contributed by atoms with Crippen LogP contribution in [-0.2, 0) is 6.42 Å². The summed E-state index contributed by atoms with van der Waals surface area (Å²) in [5, 5.41) is 2.61. The number of halogens is 1. The Hall–Kier alpha value is -2.33. The Bertz CT molecular complexity index is 654. The summed E-state index contributed by atoms with van der Waals surface area (Å²) in [5.41, 5.74) is 8.78. The van der Waals surface area contributed by atoms with E-state index in [1.54, 1.807) is 12.1 Å². The fraction of sp³-hybridized carbons (Fsp3) is 0.263. The van der Waals surface area contributed by atoms with Crippen LogP contribution in [0.4, 0.5) is 0 Å². The molecule has 2 aromatic rings. The number of rotatable bonds is 6. The first-order valence-corrected chi connectivity index (χ1v) is 7.87. The van der Waals surface area contributed by atoms with Crippen LogP contribution in [0.3, 0.4) is 0 Å². The molecular weight excluding hydrogens is 322 g/mol. The Morgan fingerprint density at radius 1 is 1.04 bits per heavy atom. The van der Waals surface area contributed by atoms with Crippen molar-refractivity contribution in [2.75, 3.05) is 6.54 Å². The topological polar surface area (TPSA) is 67.5 Å². The van der Waals surface area contributed by atoms with Crippen LogP contribution in [-0.4, -0.2) is 18.4 Å². The lowest BCUT2D eigenvalue weighted by Crippen LogP contribution is -2.36. The Morgan fingerprint density at radius 3 is 2.38 bits per heavy atom. The van der Waals surface area contributed by atoms with Crippen molar-refractivity contribution in [1.29, 1.82) is 0 Å². The van der Waals surface area contributed by atoms with Gasteiger partial charge in [-0.1, -0.05) is 48.0 Å². The number of hydrogen-bond acceptors (Lipinski definition) is 2. The number of amides is 1. The van der Waals surface area contributed by atoms with Gasteiger partial charge in [0.1, 0.15) is 0 Å². The zero-order chi connectivity index (χ0) is 16.5. The number of unbranched alkanes of at least 4 members (excludes halogenated alkanes) is 1. The van der Waals surface area contributed by atoms with Gasteiger partial charge in [-0.3, -0.25) is 15.1 Å². The summed E-state index contributed by atoms with van der Waals surface area (Å²) in [4.78, 5) is 16.2. The summed E-state index contributed by atoms with van der Waals surface area (Å²) < 4.78 is 0. The highest BCUT2D eigenvalue weighted by atomic mass is 35.5. The van der Waals surface area contributed by atoms with E-state index in [1.165, 1.54) is 5.56 Å². The molecule has 1 amide bonds. The number of nitrogens with one attached hydrogen (secondary N) is 1. The number of benzene rings is 2. The van der Waals surface area contributed by atoms with Gasteiger partial charge in [-0.25, -0.2) is 0 Å². The third kappa shape index (κ3) is 6.84. The van der Waals surface area contributed by atoms with Gasteiger partial charge in [-0.15, -0.1) is 12.4 Å². The van der Waals surface area contributed by atoms with Crippen molar-refractivity contribution >= 4 is 24.3 Å². The molecule has 2 rings (SSSR count). The van der Waals surface area contributed by atoms with Crippen molar-refractivity contribution in [3.05, 3.63) is 71.3 Å². The summed E-state index contributed by atoms with van der Waals surface area (Å²) in [6, 6.07) is 17.7. The van der Waals surface area contributed by atoms with Crippen molar-refractivity contribution in [2.24, 2.45) is 10.7 Å². The van der Waals surface area contributed by atoms with Crippen LogP contribution in [0.2, 0.25) is 0 Å². The van der Waals surface area contributed by atoms with Crippen molar-refractivity contribution in [3.63, 3.8) is 0 Å². The molecule has 4 nitrogen and oxygen atoms in total. The average Bonchev–Trinajstić information content (AvgIpc) is 2.56. The summed E-state index contributed by atoms with van der Waals surface area (Å²) in [7, 11) is 0. The molecule has 3 N–H and O–H groups in total. The summed E-state index contributed by atoms with van der Waals surface area (Å²) in [6.07, 6.45) is 3.02. The second kappa shape index (κ2) is 10.4. The number of nitrogens with two attached hydrogens (primary N) is 1. The van der Waals surface area contributed by atoms with Gasteiger partial charge in [-0.2, -0.15) is 0 Å². The molecule has 0 unspecified atom stereocenters. The first-order chi connectivity index (χ1) is 11.1. The maximum Gasteiger partial charge on any atom is 0.257 e. The monoisotopic (exact) mass is 345 g/mol. The lowest BCUT2D eigenvalue weighted by atomic mass is 10.1. The zero-order valence-electron chi connectivity index (χ0n) is 13.9. The molecule has 2 aromatic carbocycles. The molecule has 0 fully saturated rings. The van der Waals surface area contributed by atoms with Crippen LogP contribution in [0.25, 0.3) is 0 Å². The van der Waals surface area contributed by atoms with Gasteiger partial charge < -0.3 is 5.73 Å². The van der Waals surface area contributed by atoms with Crippen LogP contribution in [0.15, 0.2) is 59.6 Å². The van der Waals surface area contributed by atoms with Crippen molar-refractivity contribution < 1.29 is 4.79 Å². The maximum absolute atomic E-state index is 12.0. The van der Waals surface area contributed by atoms with Crippen LogP contribution in [0.1, 0.15) is 34.3 Å². The summed E-state index contributed by atoms with van der Waals surface area (Å²) in [6.45, 7) is 2.60. The predicted octanol–water partition coefficient (Wildman–Crippen LogP) is 3.48. The number of nitrogens with zero attached hydrogens (tertiary/aromatic N) is 1. The fourth-order valence-electron chi connectivity index (χ4n) is 2.22. The molecule has 0 aliphatic rings. The molecule has 0 bridgehead atoms. The van der Waals surface area contributed by atoms with Gasteiger partial charge in [0.25, 0.3) is 5.91 Å². The molecular formula is C19H24ClN3O. The molecule has 0 saturated carbocycles. The molecule has 0 heterocycles. The second-order valence-corrected chi connectivity index (χ2v) is 5.53. The zero-order valence-corrected chi connectivity index (χ0v) is 14.7. The average molecular weight is 346 g/mol. The summed E-state index contributed by atoms with van der Waals surface area (Å²) in [5.74, 6) is -0.0502. The fourth-order valence-corrected chi connectivity index (χ4v) is 2.22. The van der Waals surface area contributed by atoms with Gasteiger partial charge in [0.15, 0.2) is 5.96 Å². The second-order valence-electron chi connectivity index (χ2n) is 5.53. The van der Waals surface area contributed by atoms with Gasteiger partial charge in [0.2, 0.25) is 0 Å². The normalized spacial score (nSPS) is 10.8. The van der Waals surface area contributed by atoms with Crippen molar-refractivity contribution in [2.45, 2.75) is 26.2 Å². The van der Waals surface area contributed by atoms with Gasteiger partial charge >= 0.3 is 0 Å². The molecule has 0 atom stereocenters. The van der Waals surface area contributed by atoms with Crippen LogP contribution in [0.5, 0.6) is 0 Å². The lowest BCUT2D eigenvalue weighted by Gasteiger charge is -2.05. The number of aliphatic imine (C=N–C) groups is 1. The van der Waals surface area contributed by atoms with E-state index >= 15 is 0 Å².